The molecular formula is C19H18F3N5O2. The molecule has 0 fully saturated rings. The van der Waals surface area contributed by atoms with Crippen LogP contribution in [-0.4, -0.2) is 50.4 Å². The molecule has 0 aliphatic heterocycles. The van der Waals surface area contributed by atoms with Gasteiger partial charge in [0.05, 0.1) is 11.7 Å². The Hall–Kier alpha value is -3.43. The summed E-state index contributed by atoms with van der Waals surface area (Å²) in [6, 6.07) is 9.87. The van der Waals surface area contributed by atoms with Crippen molar-refractivity contribution in [2.75, 3.05) is 13.7 Å². The van der Waals surface area contributed by atoms with E-state index in [-0.39, 0.29) is 17.5 Å². The standard InChI is InChI=1S/C19H18F3N5O2/c1-13(14-5-7-15(8-6-14)27-12-23-11-25-27)26(2)18(28)16-4-3-9-24-17(16)29-10-19(20,21)22/h3-9,11-13H,10H2,1-2H3/t13-/m1/s1. The Labute approximate surface area is 164 Å². The van der Waals surface area contributed by atoms with Gasteiger partial charge in [-0.05, 0) is 36.8 Å². The number of halogens is 3. The van der Waals surface area contributed by atoms with Crippen molar-refractivity contribution in [2.24, 2.45) is 0 Å². The van der Waals surface area contributed by atoms with Crippen LogP contribution in [0, 0.1) is 0 Å². The number of benzene rings is 1. The summed E-state index contributed by atoms with van der Waals surface area (Å²) in [4.78, 5) is 21.9. The van der Waals surface area contributed by atoms with E-state index in [1.165, 1.54) is 29.6 Å². The third-order valence-corrected chi connectivity index (χ3v) is 4.33. The van der Waals surface area contributed by atoms with Gasteiger partial charge >= 0.3 is 6.18 Å². The molecule has 0 radical (unpaired) electrons. The minimum absolute atomic E-state index is 0.0367. The van der Waals surface area contributed by atoms with Crippen LogP contribution in [0.5, 0.6) is 5.88 Å². The Kier molecular flexibility index (Phi) is 5.81. The van der Waals surface area contributed by atoms with Crippen LogP contribution in [0.25, 0.3) is 5.69 Å². The lowest BCUT2D eigenvalue weighted by Gasteiger charge is -2.26. The van der Waals surface area contributed by atoms with E-state index in [9.17, 15) is 18.0 Å². The molecule has 0 N–H and O–H groups in total. The minimum atomic E-state index is -4.52. The molecule has 1 amide bonds. The summed E-state index contributed by atoms with van der Waals surface area (Å²) in [6.07, 6.45) is -0.258. The fourth-order valence-electron chi connectivity index (χ4n) is 2.66. The maximum atomic E-state index is 12.9. The highest BCUT2D eigenvalue weighted by molar-refractivity contribution is 5.96. The van der Waals surface area contributed by atoms with Crippen molar-refractivity contribution in [3.63, 3.8) is 0 Å². The fraction of sp³-hybridized carbons (Fsp3) is 0.263. The normalized spacial score (nSPS) is 12.4. The first-order valence-electron chi connectivity index (χ1n) is 8.63. The van der Waals surface area contributed by atoms with Crippen LogP contribution in [0.1, 0.15) is 28.9 Å². The number of hydrogen-bond acceptors (Lipinski definition) is 5. The molecule has 0 aliphatic carbocycles. The van der Waals surface area contributed by atoms with E-state index in [0.717, 1.165) is 11.3 Å². The molecule has 2 aromatic heterocycles. The van der Waals surface area contributed by atoms with E-state index >= 15 is 0 Å². The molecule has 10 heteroatoms. The molecule has 1 atom stereocenters. The van der Waals surface area contributed by atoms with Crippen LogP contribution in [0.2, 0.25) is 0 Å². The molecule has 0 saturated carbocycles. The van der Waals surface area contributed by atoms with Gasteiger partial charge in [-0.3, -0.25) is 4.79 Å². The van der Waals surface area contributed by atoms with E-state index in [1.807, 2.05) is 31.2 Å². The predicted molar refractivity (Wildman–Crippen MR) is 97.7 cm³/mol. The van der Waals surface area contributed by atoms with Gasteiger partial charge in [-0.15, -0.1) is 0 Å². The fourth-order valence-corrected chi connectivity index (χ4v) is 2.66. The molecule has 1 aromatic carbocycles. The lowest BCUT2D eigenvalue weighted by molar-refractivity contribution is -0.154. The summed E-state index contributed by atoms with van der Waals surface area (Å²) in [5.74, 6) is -0.849. The summed E-state index contributed by atoms with van der Waals surface area (Å²) in [6.45, 7) is 0.294. The van der Waals surface area contributed by atoms with Crippen LogP contribution in [0.15, 0.2) is 55.2 Å². The number of amides is 1. The highest BCUT2D eigenvalue weighted by atomic mass is 19.4. The number of pyridine rings is 1. The molecule has 0 aliphatic rings. The summed E-state index contributed by atoms with van der Waals surface area (Å²) < 4.78 is 43.7. The van der Waals surface area contributed by atoms with Crippen LogP contribution in [0.3, 0.4) is 0 Å². The zero-order valence-electron chi connectivity index (χ0n) is 15.7. The van der Waals surface area contributed by atoms with Crippen molar-refractivity contribution in [1.29, 1.82) is 0 Å². The van der Waals surface area contributed by atoms with Gasteiger partial charge in [-0.1, -0.05) is 12.1 Å². The number of carbonyl (C=O) groups is 1. The second-order valence-corrected chi connectivity index (χ2v) is 6.28. The molecule has 29 heavy (non-hydrogen) atoms. The van der Waals surface area contributed by atoms with Crippen molar-refractivity contribution in [3.05, 3.63) is 66.4 Å². The Morgan fingerprint density at radius 3 is 2.59 bits per heavy atom. The molecule has 0 unspecified atom stereocenters. The van der Waals surface area contributed by atoms with Gasteiger partial charge in [-0.2, -0.15) is 18.3 Å². The average Bonchev–Trinajstić information content (AvgIpc) is 3.25. The maximum Gasteiger partial charge on any atom is 0.422 e. The smallest absolute Gasteiger partial charge is 0.422 e. The quantitative estimate of drug-likeness (QED) is 0.628. The molecular weight excluding hydrogens is 387 g/mol. The highest BCUT2D eigenvalue weighted by Gasteiger charge is 2.30. The minimum Gasteiger partial charge on any atom is -0.467 e. The van der Waals surface area contributed by atoms with Gasteiger partial charge in [0.15, 0.2) is 6.61 Å². The Morgan fingerprint density at radius 2 is 1.97 bits per heavy atom. The SMILES string of the molecule is C[C@H](c1ccc(-n2cncn2)cc1)N(C)C(=O)c1cccnc1OCC(F)(F)F. The molecule has 0 saturated heterocycles. The topological polar surface area (TPSA) is 73.1 Å². The molecule has 2 heterocycles. The first-order valence-corrected chi connectivity index (χ1v) is 8.63. The monoisotopic (exact) mass is 405 g/mol. The zero-order valence-corrected chi connectivity index (χ0v) is 15.7. The highest BCUT2D eigenvalue weighted by Crippen LogP contribution is 2.25. The van der Waals surface area contributed by atoms with E-state index in [1.54, 1.807) is 18.1 Å². The molecule has 152 valence electrons. The average molecular weight is 405 g/mol. The second-order valence-electron chi connectivity index (χ2n) is 6.28. The van der Waals surface area contributed by atoms with Crippen LogP contribution in [0.4, 0.5) is 13.2 Å². The lowest BCUT2D eigenvalue weighted by Crippen LogP contribution is -2.30. The van der Waals surface area contributed by atoms with Gasteiger partial charge in [0.25, 0.3) is 5.91 Å². The molecule has 3 rings (SSSR count). The number of carbonyl (C=O) groups excluding carboxylic acids is 1. The molecule has 3 aromatic rings. The van der Waals surface area contributed by atoms with E-state index in [0.29, 0.717) is 0 Å². The number of rotatable bonds is 6. The van der Waals surface area contributed by atoms with Gasteiger partial charge in [-0.25, -0.2) is 14.6 Å². The Bertz CT molecular complexity index is 959. The molecule has 7 nitrogen and oxygen atoms in total. The third kappa shape index (κ3) is 4.89. The Balaban J connectivity index is 1.76. The zero-order chi connectivity index (χ0) is 21.0. The summed E-state index contributed by atoms with van der Waals surface area (Å²) >= 11 is 0. The van der Waals surface area contributed by atoms with Crippen LogP contribution >= 0.6 is 0 Å². The maximum absolute atomic E-state index is 12.9. The first-order chi connectivity index (χ1) is 13.8. The summed E-state index contributed by atoms with van der Waals surface area (Å²) in [5, 5.41) is 4.05. The number of alkyl halides is 3. The second kappa shape index (κ2) is 8.29. The van der Waals surface area contributed by atoms with Gasteiger partial charge in [0, 0.05) is 13.2 Å². The first kappa shape index (κ1) is 20.3. The van der Waals surface area contributed by atoms with Gasteiger partial charge in [0.2, 0.25) is 5.88 Å². The lowest BCUT2D eigenvalue weighted by atomic mass is 10.1. The van der Waals surface area contributed by atoms with Crippen molar-refractivity contribution < 1.29 is 22.7 Å². The van der Waals surface area contributed by atoms with E-state index < -0.39 is 18.7 Å². The van der Waals surface area contributed by atoms with Gasteiger partial charge < -0.3 is 9.64 Å². The summed E-state index contributed by atoms with van der Waals surface area (Å²) in [5.41, 5.74) is 1.61. The Morgan fingerprint density at radius 1 is 1.24 bits per heavy atom. The number of nitrogens with zero attached hydrogens (tertiary/aromatic N) is 5. The molecule has 0 bridgehead atoms. The van der Waals surface area contributed by atoms with Crippen molar-refractivity contribution in [1.82, 2.24) is 24.6 Å². The predicted octanol–water partition coefficient (Wildman–Crippen LogP) is 3.44. The van der Waals surface area contributed by atoms with Crippen LogP contribution in [-0.2, 0) is 0 Å². The molecule has 0 spiro atoms. The third-order valence-electron chi connectivity index (χ3n) is 4.33. The van der Waals surface area contributed by atoms with Crippen molar-refractivity contribution in [3.8, 4) is 11.6 Å². The van der Waals surface area contributed by atoms with Crippen molar-refractivity contribution in [2.45, 2.75) is 19.1 Å². The van der Waals surface area contributed by atoms with Gasteiger partial charge in [0.1, 0.15) is 18.2 Å². The summed E-state index contributed by atoms with van der Waals surface area (Å²) in [7, 11) is 1.57. The number of hydrogen-bond donors (Lipinski definition) is 0. The van der Waals surface area contributed by atoms with Crippen LogP contribution < -0.4 is 4.74 Å². The van der Waals surface area contributed by atoms with E-state index in [4.69, 9.17) is 4.74 Å². The largest absolute Gasteiger partial charge is 0.467 e. The van der Waals surface area contributed by atoms with Crippen molar-refractivity contribution >= 4 is 5.91 Å². The number of aromatic nitrogens is 4. The number of ether oxygens (including phenoxy) is 1. The van der Waals surface area contributed by atoms with E-state index in [2.05, 4.69) is 15.1 Å².